The number of hydrogen-bond acceptors (Lipinski definition) is 1. The number of imidazole rings is 1. The van der Waals surface area contributed by atoms with Gasteiger partial charge in [-0.15, -0.1) is 11.6 Å². The van der Waals surface area contributed by atoms with E-state index >= 15 is 0 Å². The van der Waals surface area contributed by atoms with E-state index in [2.05, 4.69) is 55.0 Å². The minimum Gasteiger partial charge on any atom is -0.345 e. The van der Waals surface area contributed by atoms with Gasteiger partial charge in [0, 0.05) is 11.3 Å². The lowest BCUT2D eigenvalue weighted by Crippen LogP contribution is -2.10. The van der Waals surface area contributed by atoms with Crippen molar-refractivity contribution in [1.82, 2.24) is 9.97 Å². The molecule has 1 N–H and O–H groups in total. The summed E-state index contributed by atoms with van der Waals surface area (Å²) in [6.07, 6.45) is 0. The second-order valence-electron chi connectivity index (χ2n) is 5.62. The molecule has 0 fully saturated rings. The summed E-state index contributed by atoms with van der Waals surface area (Å²) in [7, 11) is 0. The number of aromatic amines is 1. The number of halogens is 1. The lowest BCUT2D eigenvalue weighted by atomic mass is 9.86. The summed E-state index contributed by atoms with van der Waals surface area (Å²) in [6, 6.07) is 8.59. The number of H-pyrrole nitrogens is 1. The van der Waals surface area contributed by atoms with Gasteiger partial charge in [-0.25, -0.2) is 4.98 Å². The minimum atomic E-state index is 0.181. The first-order valence-corrected chi connectivity index (χ1v) is 6.67. The van der Waals surface area contributed by atoms with Crippen molar-refractivity contribution in [1.29, 1.82) is 0 Å². The molecule has 1 aromatic heterocycles. The fourth-order valence-corrected chi connectivity index (χ4v) is 2.12. The summed E-state index contributed by atoms with van der Waals surface area (Å²) >= 11 is 5.79. The Bertz CT molecular complexity index is 533. The van der Waals surface area contributed by atoms with E-state index in [1.807, 2.05) is 6.92 Å². The van der Waals surface area contributed by atoms with Crippen LogP contribution in [0.2, 0.25) is 0 Å². The number of rotatable bonds is 2. The fraction of sp³-hybridized carbons (Fsp3) is 0.400. The molecule has 96 valence electrons. The molecular weight excluding hydrogens is 244 g/mol. The zero-order chi connectivity index (χ0) is 13.3. The molecular formula is C15H19ClN2. The lowest BCUT2D eigenvalue weighted by molar-refractivity contribution is 0.590. The fourth-order valence-electron chi connectivity index (χ4n) is 1.99. The van der Waals surface area contributed by atoms with Gasteiger partial charge in [0.05, 0.1) is 11.6 Å². The topological polar surface area (TPSA) is 28.7 Å². The van der Waals surface area contributed by atoms with Crippen molar-refractivity contribution in [2.75, 3.05) is 0 Å². The molecule has 0 atom stereocenters. The summed E-state index contributed by atoms with van der Waals surface area (Å²) < 4.78 is 0. The van der Waals surface area contributed by atoms with Crippen molar-refractivity contribution in [2.45, 2.75) is 39.0 Å². The second-order valence-corrected chi connectivity index (χ2v) is 5.89. The number of nitrogens with zero attached hydrogens (tertiary/aromatic N) is 1. The predicted octanol–water partition coefficient (Wildman–Crippen LogP) is 4.42. The molecule has 0 unspecified atom stereocenters. The molecule has 1 heterocycles. The summed E-state index contributed by atoms with van der Waals surface area (Å²) in [6.45, 7) is 8.67. The number of benzene rings is 1. The van der Waals surface area contributed by atoms with E-state index in [-0.39, 0.29) is 5.41 Å². The van der Waals surface area contributed by atoms with Gasteiger partial charge in [-0.2, -0.15) is 0 Å². The molecule has 0 saturated carbocycles. The first kappa shape index (κ1) is 13.2. The van der Waals surface area contributed by atoms with Gasteiger partial charge in [0.25, 0.3) is 0 Å². The Balaban J connectivity index is 2.37. The van der Waals surface area contributed by atoms with Crippen LogP contribution in [0.4, 0.5) is 0 Å². The molecule has 0 spiro atoms. The SMILES string of the molecule is Cc1[nH]c(CCl)nc1-c1ccc(C(C)(C)C)cc1. The first-order chi connectivity index (χ1) is 8.41. The average molecular weight is 263 g/mol. The maximum absolute atomic E-state index is 5.79. The van der Waals surface area contributed by atoms with Crippen molar-refractivity contribution in [3.05, 3.63) is 41.3 Å². The van der Waals surface area contributed by atoms with Gasteiger partial charge >= 0.3 is 0 Å². The molecule has 0 radical (unpaired) electrons. The van der Waals surface area contributed by atoms with E-state index in [0.717, 1.165) is 22.8 Å². The predicted molar refractivity (Wildman–Crippen MR) is 77.0 cm³/mol. The molecule has 2 aromatic rings. The van der Waals surface area contributed by atoms with E-state index in [1.165, 1.54) is 5.56 Å². The number of aromatic nitrogens is 2. The third-order valence-electron chi connectivity index (χ3n) is 3.08. The highest BCUT2D eigenvalue weighted by Crippen LogP contribution is 2.26. The number of alkyl halides is 1. The largest absolute Gasteiger partial charge is 0.345 e. The van der Waals surface area contributed by atoms with Crippen LogP contribution in [-0.2, 0) is 11.3 Å². The third kappa shape index (κ3) is 2.59. The van der Waals surface area contributed by atoms with Crippen molar-refractivity contribution in [3.8, 4) is 11.3 Å². The van der Waals surface area contributed by atoms with Crippen LogP contribution in [0.3, 0.4) is 0 Å². The van der Waals surface area contributed by atoms with Gasteiger partial charge in [-0.05, 0) is 17.9 Å². The number of hydrogen-bond donors (Lipinski definition) is 1. The molecule has 0 bridgehead atoms. The molecule has 3 heteroatoms. The highest BCUT2D eigenvalue weighted by Gasteiger charge is 2.14. The van der Waals surface area contributed by atoms with E-state index in [1.54, 1.807) is 0 Å². The summed E-state index contributed by atoms with van der Waals surface area (Å²) in [5.74, 6) is 1.24. The van der Waals surface area contributed by atoms with Crippen molar-refractivity contribution in [3.63, 3.8) is 0 Å². The zero-order valence-electron chi connectivity index (χ0n) is 11.3. The third-order valence-corrected chi connectivity index (χ3v) is 3.34. The molecule has 0 amide bonds. The van der Waals surface area contributed by atoms with Crippen LogP contribution in [0.25, 0.3) is 11.3 Å². The Kier molecular flexibility index (Phi) is 3.49. The molecule has 18 heavy (non-hydrogen) atoms. The standard InChI is InChI=1S/C15H19ClN2/c1-10-14(18-13(9-16)17-10)11-5-7-12(8-6-11)15(2,3)4/h5-8H,9H2,1-4H3,(H,17,18). The lowest BCUT2D eigenvalue weighted by Gasteiger charge is -2.19. The van der Waals surface area contributed by atoms with Gasteiger partial charge in [0.2, 0.25) is 0 Å². The summed E-state index contributed by atoms with van der Waals surface area (Å²) in [4.78, 5) is 7.70. The van der Waals surface area contributed by atoms with E-state index in [4.69, 9.17) is 11.6 Å². The minimum absolute atomic E-state index is 0.181. The van der Waals surface area contributed by atoms with Gasteiger partial charge in [-0.1, -0.05) is 45.0 Å². The maximum atomic E-state index is 5.79. The first-order valence-electron chi connectivity index (χ1n) is 6.14. The number of aryl methyl sites for hydroxylation is 1. The van der Waals surface area contributed by atoms with E-state index < -0.39 is 0 Å². The average Bonchev–Trinajstić information content (AvgIpc) is 2.70. The van der Waals surface area contributed by atoms with E-state index in [9.17, 15) is 0 Å². The molecule has 2 nitrogen and oxygen atoms in total. The Morgan fingerprint density at radius 2 is 1.78 bits per heavy atom. The smallest absolute Gasteiger partial charge is 0.121 e. The molecule has 0 aliphatic rings. The van der Waals surface area contributed by atoms with Crippen LogP contribution in [0.5, 0.6) is 0 Å². The normalized spacial score (nSPS) is 11.8. The molecule has 0 aliphatic heterocycles. The van der Waals surface area contributed by atoms with Crippen LogP contribution in [-0.4, -0.2) is 9.97 Å². The Morgan fingerprint density at radius 1 is 1.17 bits per heavy atom. The van der Waals surface area contributed by atoms with Gasteiger partial charge < -0.3 is 4.98 Å². The van der Waals surface area contributed by atoms with Crippen LogP contribution >= 0.6 is 11.6 Å². The van der Waals surface area contributed by atoms with Crippen molar-refractivity contribution >= 4 is 11.6 Å². The highest BCUT2D eigenvalue weighted by molar-refractivity contribution is 6.16. The molecule has 0 aliphatic carbocycles. The molecule has 1 aromatic carbocycles. The number of nitrogens with one attached hydrogen (secondary N) is 1. The Labute approximate surface area is 113 Å². The molecule has 2 rings (SSSR count). The van der Waals surface area contributed by atoms with Gasteiger partial charge in [0.15, 0.2) is 0 Å². The summed E-state index contributed by atoms with van der Waals surface area (Å²) in [5.41, 5.74) is 4.70. The van der Waals surface area contributed by atoms with Crippen LogP contribution in [0, 0.1) is 6.92 Å². The molecule has 0 saturated heterocycles. The van der Waals surface area contributed by atoms with Gasteiger partial charge in [-0.3, -0.25) is 0 Å². The Morgan fingerprint density at radius 3 is 2.22 bits per heavy atom. The van der Waals surface area contributed by atoms with Crippen LogP contribution < -0.4 is 0 Å². The Hall–Kier alpha value is -1.28. The maximum Gasteiger partial charge on any atom is 0.121 e. The zero-order valence-corrected chi connectivity index (χ0v) is 12.1. The monoisotopic (exact) mass is 262 g/mol. The van der Waals surface area contributed by atoms with Crippen LogP contribution in [0.1, 0.15) is 37.9 Å². The quantitative estimate of drug-likeness (QED) is 0.798. The highest BCUT2D eigenvalue weighted by atomic mass is 35.5. The van der Waals surface area contributed by atoms with Crippen molar-refractivity contribution < 1.29 is 0 Å². The van der Waals surface area contributed by atoms with Crippen LogP contribution in [0.15, 0.2) is 24.3 Å². The summed E-state index contributed by atoms with van der Waals surface area (Å²) in [5, 5.41) is 0. The van der Waals surface area contributed by atoms with E-state index in [0.29, 0.717) is 5.88 Å². The van der Waals surface area contributed by atoms with Gasteiger partial charge in [0.1, 0.15) is 5.82 Å². The second kappa shape index (κ2) is 4.77. The van der Waals surface area contributed by atoms with Crippen molar-refractivity contribution in [2.24, 2.45) is 0 Å².